The fourth-order valence-corrected chi connectivity index (χ4v) is 3.42. The lowest BCUT2D eigenvalue weighted by atomic mass is 10.1. The SMILES string of the molecule is C[C@@H]1CN(c2cnc(C#N)c(-c3cnn(C)c3)n2)CCN1C(=O)C1CC1. The van der Waals surface area contributed by atoms with Gasteiger partial charge >= 0.3 is 0 Å². The van der Waals surface area contributed by atoms with Gasteiger partial charge in [-0.05, 0) is 19.8 Å². The van der Waals surface area contributed by atoms with Crippen LogP contribution in [0.25, 0.3) is 11.3 Å². The first kappa shape index (κ1) is 16.5. The van der Waals surface area contributed by atoms with Gasteiger partial charge in [0, 0.05) is 50.4 Å². The molecule has 1 aliphatic carbocycles. The molecule has 2 aromatic heterocycles. The molecular weight excluding hydrogens is 330 g/mol. The summed E-state index contributed by atoms with van der Waals surface area (Å²) in [5.41, 5.74) is 1.61. The average Bonchev–Trinajstić information content (AvgIpc) is 3.41. The molecule has 134 valence electrons. The quantitative estimate of drug-likeness (QED) is 0.825. The van der Waals surface area contributed by atoms with Crippen LogP contribution >= 0.6 is 0 Å². The summed E-state index contributed by atoms with van der Waals surface area (Å²) in [5, 5.41) is 13.5. The number of hydrogen-bond acceptors (Lipinski definition) is 6. The first-order valence-corrected chi connectivity index (χ1v) is 8.88. The van der Waals surface area contributed by atoms with Gasteiger partial charge in [0.25, 0.3) is 0 Å². The molecule has 0 spiro atoms. The van der Waals surface area contributed by atoms with Crippen LogP contribution in [0.1, 0.15) is 25.5 Å². The Balaban J connectivity index is 1.57. The number of piperazine rings is 1. The summed E-state index contributed by atoms with van der Waals surface area (Å²) in [7, 11) is 1.82. The van der Waals surface area contributed by atoms with Crippen molar-refractivity contribution in [1.29, 1.82) is 5.26 Å². The van der Waals surface area contributed by atoms with Gasteiger partial charge < -0.3 is 9.80 Å². The number of carbonyl (C=O) groups excluding carboxylic acids is 1. The zero-order valence-electron chi connectivity index (χ0n) is 15.0. The minimum atomic E-state index is 0.135. The van der Waals surface area contributed by atoms with Gasteiger partial charge in [0.1, 0.15) is 17.6 Å². The molecule has 0 bridgehead atoms. The number of carbonyl (C=O) groups is 1. The van der Waals surface area contributed by atoms with Crippen molar-refractivity contribution in [2.24, 2.45) is 13.0 Å². The lowest BCUT2D eigenvalue weighted by molar-refractivity contribution is -0.134. The van der Waals surface area contributed by atoms with E-state index in [1.165, 1.54) is 0 Å². The maximum absolute atomic E-state index is 12.4. The molecule has 1 saturated heterocycles. The van der Waals surface area contributed by atoms with Gasteiger partial charge in [-0.2, -0.15) is 10.4 Å². The lowest BCUT2D eigenvalue weighted by Gasteiger charge is -2.40. The Bertz CT molecular complexity index is 880. The van der Waals surface area contributed by atoms with Crippen LogP contribution in [-0.2, 0) is 11.8 Å². The number of amides is 1. The Morgan fingerprint density at radius 1 is 1.31 bits per heavy atom. The van der Waals surface area contributed by atoms with E-state index in [2.05, 4.69) is 33.0 Å². The summed E-state index contributed by atoms with van der Waals surface area (Å²) in [4.78, 5) is 25.5. The molecule has 26 heavy (non-hydrogen) atoms. The van der Waals surface area contributed by atoms with Gasteiger partial charge in [-0.15, -0.1) is 0 Å². The van der Waals surface area contributed by atoms with Crippen molar-refractivity contribution >= 4 is 11.7 Å². The number of aromatic nitrogens is 4. The average molecular weight is 351 g/mol. The molecule has 0 unspecified atom stereocenters. The fourth-order valence-electron chi connectivity index (χ4n) is 3.42. The second kappa shape index (κ2) is 6.41. The van der Waals surface area contributed by atoms with Gasteiger partial charge in [-0.1, -0.05) is 0 Å². The molecule has 0 aromatic carbocycles. The van der Waals surface area contributed by atoms with Crippen molar-refractivity contribution in [2.75, 3.05) is 24.5 Å². The molecule has 1 saturated carbocycles. The molecule has 3 heterocycles. The summed E-state index contributed by atoms with van der Waals surface area (Å²) >= 11 is 0. The van der Waals surface area contributed by atoms with Crippen molar-refractivity contribution in [1.82, 2.24) is 24.6 Å². The maximum atomic E-state index is 12.4. The predicted molar refractivity (Wildman–Crippen MR) is 95.1 cm³/mol. The van der Waals surface area contributed by atoms with Crippen molar-refractivity contribution in [3.05, 3.63) is 24.3 Å². The van der Waals surface area contributed by atoms with E-state index in [0.717, 1.165) is 30.8 Å². The van der Waals surface area contributed by atoms with E-state index in [0.29, 0.717) is 24.7 Å². The van der Waals surface area contributed by atoms with Crippen LogP contribution in [0.5, 0.6) is 0 Å². The van der Waals surface area contributed by atoms with Gasteiger partial charge in [-0.25, -0.2) is 9.97 Å². The summed E-state index contributed by atoms with van der Waals surface area (Å²) < 4.78 is 1.68. The van der Waals surface area contributed by atoms with E-state index in [-0.39, 0.29) is 17.7 Å². The summed E-state index contributed by atoms with van der Waals surface area (Å²) in [6.07, 6.45) is 7.21. The molecule has 1 atom stereocenters. The molecule has 1 amide bonds. The first-order chi connectivity index (χ1) is 12.6. The monoisotopic (exact) mass is 351 g/mol. The molecule has 2 aromatic rings. The molecule has 8 heteroatoms. The first-order valence-electron chi connectivity index (χ1n) is 8.88. The Hall–Kier alpha value is -2.95. The second-order valence-electron chi connectivity index (χ2n) is 7.04. The van der Waals surface area contributed by atoms with Gasteiger partial charge in [0.2, 0.25) is 5.91 Å². The Labute approximate surface area is 152 Å². The van der Waals surface area contributed by atoms with E-state index in [9.17, 15) is 10.1 Å². The molecule has 0 N–H and O–H groups in total. The van der Waals surface area contributed by atoms with Gasteiger partial charge in [0.15, 0.2) is 5.69 Å². The number of rotatable bonds is 3. The highest BCUT2D eigenvalue weighted by molar-refractivity contribution is 5.81. The largest absolute Gasteiger partial charge is 0.351 e. The van der Waals surface area contributed by atoms with Gasteiger partial charge in [-0.3, -0.25) is 9.48 Å². The third kappa shape index (κ3) is 3.01. The topological polar surface area (TPSA) is 90.9 Å². The van der Waals surface area contributed by atoms with Crippen LogP contribution in [0.3, 0.4) is 0 Å². The molecule has 1 aliphatic heterocycles. The second-order valence-corrected chi connectivity index (χ2v) is 7.04. The van der Waals surface area contributed by atoms with E-state index in [4.69, 9.17) is 0 Å². The van der Waals surface area contributed by atoms with E-state index >= 15 is 0 Å². The van der Waals surface area contributed by atoms with Crippen LogP contribution in [0, 0.1) is 17.2 Å². The zero-order valence-corrected chi connectivity index (χ0v) is 15.0. The minimum Gasteiger partial charge on any atom is -0.351 e. The molecule has 0 radical (unpaired) electrons. The number of aryl methyl sites for hydroxylation is 1. The third-order valence-electron chi connectivity index (χ3n) is 5.01. The highest BCUT2D eigenvalue weighted by atomic mass is 16.2. The predicted octanol–water partition coefficient (Wildman–Crippen LogP) is 1.20. The van der Waals surface area contributed by atoms with E-state index in [1.807, 2.05) is 18.1 Å². The summed E-state index contributed by atoms with van der Waals surface area (Å²) in [6.45, 7) is 4.20. The number of hydrogen-bond donors (Lipinski definition) is 0. The van der Waals surface area contributed by atoms with Crippen molar-refractivity contribution < 1.29 is 4.79 Å². The smallest absolute Gasteiger partial charge is 0.226 e. The molecule has 2 aliphatic rings. The minimum absolute atomic E-state index is 0.135. The fraction of sp³-hybridized carbons (Fsp3) is 0.500. The molecule has 4 rings (SSSR count). The number of nitriles is 1. The van der Waals surface area contributed by atoms with E-state index < -0.39 is 0 Å². The standard InChI is InChI=1S/C18H21N7O/c1-12-10-24(5-6-25(12)18(26)13-3-4-13)16-9-20-15(7-19)17(22-16)14-8-21-23(2)11-14/h8-9,11-13H,3-6,10H2,1-2H3/t12-/m1/s1. The lowest BCUT2D eigenvalue weighted by Crippen LogP contribution is -2.54. The molecular formula is C18H21N7O. The molecule has 2 fully saturated rings. The Morgan fingerprint density at radius 3 is 2.73 bits per heavy atom. The van der Waals surface area contributed by atoms with Crippen molar-refractivity contribution in [2.45, 2.75) is 25.8 Å². The number of anilines is 1. The summed E-state index contributed by atoms with van der Waals surface area (Å²) in [5.74, 6) is 1.27. The normalized spacial score (nSPS) is 20.1. The van der Waals surface area contributed by atoms with Crippen LogP contribution in [0.4, 0.5) is 5.82 Å². The van der Waals surface area contributed by atoms with Gasteiger partial charge in [0.05, 0.1) is 12.4 Å². The third-order valence-corrected chi connectivity index (χ3v) is 5.01. The molecule has 8 nitrogen and oxygen atoms in total. The highest BCUT2D eigenvalue weighted by Gasteiger charge is 2.37. The Kier molecular flexibility index (Phi) is 4.07. The van der Waals surface area contributed by atoms with Crippen LogP contribution < -0.4 is 4.90 Å². The van der Waals surface area contributed by atoms with Crippen LogP contribution in [-0.4, -0.2) is 56.2 Å². The Morgan fingerprint density at radius 2 is 2.12 bits per heavy atom. The van der Waals surface area contributed by atoms with Crippen LogP contribution in [0.15, 0.2) is 18.6 Å². The van der Waals surface area contributed by atoms with Crippen molar-refractivity contribution in [3.8, 4) is 17.3 Å². The summed E-state index contributed by atoms with van der Waals surface area (Å²) in [6, 6.07) is 2.24. The van der Waals surface area contributed by atoms with Crippen molar-refractivity contribution in [3.63, 3.8) is 0 Å². The van der Waals surface area contributed by atoms with Crippen LogP contribution in [0.2, 0.25) is 0 Å². The van der Waals surface area contributed by atoms with E-state index in [1.54, 1.807) is 17.1 Å². The number of nitrogens with zero attached hydrogens (tertiary/aromatic N) is 7. The highest BCUT2D eigenvalue weighted by Crippen LogP contribution is 2.32. The zero-order chi connectivity index (χ0) is 18.3. The maximum Gasteiger partial charge on any atom is 0.226 e.